The monoisotopic (exact) mass is 534 g/mol. The van der Waals surface area contributed by atoms with Crippen molar-refractivity contribution in [1.82, 2.24) is 0 Å². The van der Waals surface area contributed by atoms with Crippen LogP contribution in [-0.4, -0.2) is 12.5 Å². The van der Waals surface area contributed by atoms with Crippen molar-refractivity contribution < 1.29 is 44.3 Å². The SMILES string of the molecule is CCCc1ccc2c(F)c(-c3cc(F)c(C4CCC(C(F)(F)OC(F)(F)F)CC4)c(F)c3)c(F)cc2c1. The first kappa shape index (κ1) is 27.3. The molecule has 200 valence electrons. The molecule has 1 nitrogen and oxygen atoms in total. The van der Waals surface area contributed by atoms with Crippen LogP contribution < -0.4 is 0 Å². The van der Waals surface area contributed by atoms with Crippen molar-refractivity contribution in [2.45, 2.75) is 63.8 Å². The summed E-state index contributed by atoms with van der Waals surface area (Å²) in [5, 5.41) is 0.395. The first-order chi connectivity index (χ1) is 17.3. The Balaban J connectivity index is 1.60. The van der Waals surface area contributed by atoms with E-state index < -0.39 is 71.5 Å². The highest BCUT2D eigenvalue weighted by atomic mass is 19.4. The summed E-state index contributed by atoms with van der Waals surface area (Å²) in [5.41, 5.74) is -0.534. The van der Waals surface area contributed by atoms with Crippen molar-refractivity contribution in [1.29, 1.82) is 0 Å². The van der Waals surface area contributed by atoms with Gasteiger partial charge in [0.05, 0.1) is 11.5 Å². The third kappa shape index (κ3) is 5.73. The maximum absolute atomic E-state index is 15.3. The lowest BCUT2D eigenvalue weighted by atomic mass is 9.77. The lowest BCUT2D eigenvalue weighted by Gasteiger charge is -2.33. The molecular formula is C27H23F9O. The molecule has 4 rings (SSSR count). The second-order valence-corrected chi connectivity index (χ2v) is 9.36. The molecule has 37 heavy (non-hydrogen) atoms. The molecule has 0 amide bonds. The van der Waals surface area contributed by atoms with Gasteiger partial charge in [-0.1, -0.05) is 31.5 Å². The zero-order valence-corrected chi connectivity index (χ0v) is 19.7. The number of benzene rings is 3. The summed E-state index contributed by atoms with van der Waals surface area (Å²) in [6, 6.07) is 7.49. The summed E-state index contributed by atoms with van der Waals surface area (Å²) < 4.78 is 128. The van der Waals surface area contributed by atoms with Gasteiger partial charge >= 0.3 is 12.5 Å². The normalized spacial score (nSPS) is 19.0. The van der Waals surface area contributed by atoms with Crippen LogP contribution in [0.3, 0.4) is 0 Å². The molecule has 0 heterocycles. The number of hydrogen-bond donors (Lipinski definition) is 0. The third-order valence-electron chi connectivity index (χ3n) is 6.86. The molecule has 0 bridgehead atoms. The highest BCUT2D eigenvalue weighted by Crippen LogP contribution is 2.46. The van der Waals surface area contributed by atoms with Crippen molar-refractivity contribution in [3.05, 3.63) is 70.8 Å². The smallest absolute Gasteiger partial charge is 0.225 e. The molecule has 0 spiro atoms. The molecule has 1 saturated carbocycles. The van der Waals surface area contributed by atoms with Crippen LogP contribution in [0, 0.1) is 29.2 Å². The topological polar surface area (TPSA) is 9.23 Å². The number of aryl methyl sites for hydroxylation is 1. The number of hydrogen-bond acceptors (Lipinski definition) is 1. The molecule has 0 aliphatic heterocycles. The Morgan fingerprint density at radius 2 is 1.43 bits per heavy atom. The van der Waals surface area contributed by atoms with Crippen LogP contribution in [0.2, 0.25) is 0 Å². The van der Waals surface area contributed by atoms with E-state index in [9.17, 15) is 26.3 Å². The zero-order chi connectivity index (χ0) is 27.1. The van der Waals surface area contributed by atoms with Crippen molar-refractivity contribution in [2.75, 3.05) is 0 Å². The van der Waals surface area contributed by atoms with Crippen molar-refractivity contribution in [2.24, 2.45) is 5.92 Å². The van der Waals surface area contributed by atoms with Crippen LogP contribution in [0.4, 0.5) is 39.5 Å². The number of rotatable bonds is 6. The summed E-state index contributed by atoms with van der Waals surface area (Å²) in [6.45, 7) is 1.96. The van der Waals surface area contributed by atoms with Crippen molar-refractivity contribution in [3.63, 3.8) is 0 Å². The van der Waals surface area contributed by atoms with Gasteiger partial charge in [0.2, 0.25) is 0 Å². The molecule has 0 aromatic heterocycles. The minimum absolute atomic E-state index is 0.0847. The second-order valence-electron chi connectivity index (χ2n) is 9.36. The van der Waals surface area contributed by atoms with Gasteiger partial charge in [0.15, 0.2) is 0 Å². The lowest BCUT2D eigenvalue weighted by molar-refractivity contribution is -0.438. The van der Waals surface area contributed by atoms with E-state index in [2.05, 4.69) is 4.74 Å². The van der Waals surface area contributed by atoms with Crippen molar-refractivity contribution in [3.8, 4) is 11.1 Å². The first-order valence-corrected chi connectivity index (χ1v) is 11.9. The molecule has 0 unspecified atom stereocenters. The number of fused-ring (bicyclic) bond motifs is 1. The number of ether oxygens (including phenoxy) is 1. The average Bonchev–Trinajstić information content (AvgIpc) is 2.77. The maximum Gasteiger partial charge on any atom is 0.527 e. The van der Waals surface area contributed by atoms with Crippen LogP contribution in [0.25, 0.3) is 21.9 Å². The van der Waals surface area contributed by atoms with E-state index in [0.29, 0.717) is 11.8 Å². The molecule has 0 N–H and O–H groups in total. The van der Waals surface area contributed by atoms with Gasteiger partial charge in [-0.3, -0.25) is 0 Å². The zero-order valence-electron chi connectivity index (χ0n) is 19.7. The molecule has 3 aromatic rings. The first-order valence-electron chi connectivity index (χ1n) is 11.9. The molecule has 3 aromatic carbocycles. The van der Waals surface area contributed by atoms with Gasteiger partial charge in [0.1, 0.15) is 23.3 Å². The Labute approximate surface area is 207 Å². The largest absolute Gasteiger partial charge is 0.527 e. The van der Waals surface area contributed by atoms with Gasteiger partial charge in [-0.25, -0.2) is 22.3 Å². The van der Waals surface area contributed by atoms with Gasteiger partial charge in [-0.2, -0.15) is 8.78 Å². The van der Waals surface area contributed by atoms with Gasteiger partial charge in [-0.15, -0.1) is 13.2 Å². The van der Waals surface area contributed by atoms with E-state index in [1.54, 1.807) is 12.1 Å². The Morgan fingerprint density at radius 3 is 2.00 bits per heavy atom. The standard InChI is InChI=1S/C27H23F9O/c1-2-3-14-4-9-19-16(10-14)11-22(30)24(25(19)31)17-12-20(28)23(21(29)13-17)15-5-7-18(8-6-15)26(32,33)37-27(34,35)36/h4,9-13,15,18H,2-3,5-8H2,1H3. The van der Waals surface area contributed by atoms with E-state index >= 15 is 13.2 Å². The number of halogens is 9. The quantitative estimate of drug-likeness (QED) is 0.286. The average molecular weight is 534 g/mol. The van der Waals surface area contributed by atoms with E-state index in [1.807, 2.05) is 6.92 Å². The maximum atomic E-state index is 15.3. The van der Waals surface area contributed by atoms with Gasteiger partial charge in [0, 0.05) is 10.9 Å². The Kier molecular flexibility index (Phi) is 7.52. The van der Waals surface area contributed by atoms with Gasteiger partial charge < -0.3 is 0 Å². The van der Waals surface area contributed by atoms with Gasteiger partial charge in [0.25, 0.3) is 0 Å². The van der Waals surface area contributed by atoms with E-state index in [1.165, 1.54) is 6.07 Å². The van der Waals surface area contributed by atoms with E-state index in [-0.39, 0.29) is 23.8 Å². The molecule has 0 saturated heterocycles. The predicted molar refractivity (Wildman–Crippen MR) is 120 cm³/mol. The van der Waals surface area contributed by atoms with Crippen LogP contribution in [0.5, 0.6) is 0 Å². The van der Waals surface area contributed by atoms with Crippen LogP contribution in [-0.2, 0) is 11.2 Å². The lowest BCUT2D eigenvalue weighted by Crippen LogP contribution is -2.38. The summed E-state index contributed by atoms with van der Waals surface area (Å²) >= 11 is 0. The summed E-state index contributed by atoms with van der Waals surface area (Å²) in [4.78, 5) is 0. The van der Waals surface area contributed by atoms with Gasteiger partial charge in [-0.05, 0) is 72.7 Å². The Bertz CT molecular complexity index is 1270. The summed E-state index contributed by atoms with van der Waals surface area (Å²) in [5.74, 6) is -6.87. The number of alkyl halides is 5. The fraction of sp³-hybridized carbons (Fsp3) is 0.407. The fourth-order valence-electron chi connectivity index (χ4n) is 5.16. The van der Waals surface area contributed by atoms with E-state index in [4.69, 9.17) is 0 Å². The van der Waals surface area contributed by atoms with Crippen LogP contribution in [0.15, 0.2) is 36.4 Å². The summed E-state index contributed by atoms with van der Waals surface area (Å²) in [6.07, 6.45) is -9.78. The van der Waals surface area contributed by atoms with E-state index in [0.717, 1.165) is 30.2 Å². The fourth-order valence-corrected chi connectivity index (χ4v) is 5.16. The Morgan fingerprint density at radius 1 is 0.811 bits per heavy atom. The van der Waals surface area contributed by atoms with Crippen LogP contribution in [0.1, 0.15) is 56.1 Å². The summed E-state index contributed by atoms with van der Waals surface area (Å²) in [7, 11) is 0. The minimum atomic E-state index is -5.53. The molecule has 10 heteroatoms. The second kappa shape index (κ2) is 10.2. The molecule has 1 fully saturated rings. The molecule has 1 aliphatic rings. The van der Waals surface area contributed by atoms with Crippen LogP contribution >= 0.6 is 0 Å². The minimum Gasteiger partial charge on any atom is -0.225 e. The molecule has 0 atom stereocenters. The van der Waals surface area contributed by atoms with Crippen molar-refractivity contribution >= 4 is 10.8 Å². The third-order valence-corrected chi connectivity index (χ3v) is 6.86. The molecule has 0 radical (unpaired) electrons. The Hall–Kier alpha value is -2.75. The predicted octanol–water partition coefficient (Wildman–Crippen LogP) is 9.42. The highest BCUT2D eigenvalue weighted by molar-refractivity contribution is 5.89. The molecular weight excluding hydrogens is 511 g/mol. The highest BCUT2D eigenvalue weighted by Gasteiger charge is 2.51. The molecule has 1 aliphatic carbocycles.